The molecule has 1 rings (SSSR count). The molecule has 0 aromatic carbocycles. The van der Waals surface area contributed by atoms with Crippen molar-refractivity contribution in [1.82, 2.24) is 0 Å². The summed E-state index contributed by atoms with van der Waals surface area (Å²) < 4.78 is 0. The maximum atomic E-state index is 5.46. The molecule has 1 nitrogen and oxygen atoms in total. The molecule has 0 amide bonds. The van der Waals surface area contributed by atoms with E-state index in [1.165, 1.54) is 0 Å². The first-order valence-electron chi connectivity index (χ1n) is 2.48. The molecule has 1 heteroatoms. The van der Waals surface area contributed by atoms with Gasteiger partial charge in [-0.2, -0.15) is 0 Å². The monoisotopic (exact) mass is 95.1 g/mol. The fraction of sp³-hybridized carbons (Fsp3) is 0.333. The van der Waals surface area contributed by atoms with E-state index >= 15 is 0 Å². The van der Waals surface area contributed by atoms with Crippen LogP contribution in [0.1, 0.15) is 6.42 Å². The van der Waals surface area contributed by atoms with Crippen molar-refractivity contribution < 1.29 is 0 Å². The number of allylic oxidation sites excluding steroid dienone is 2. The van der Waals surface area contributed by atoms with E-state index in [1.807, 2.05) is 12.2 Å². The predicted molar refractivity (Wildman–Crippen MR) is 30.9 cm³/mol. The summed E-state index contributed by atoms with van der Waals surface area (Å²) in [6, 6.07) is 0.175. The Balaban J connectivity index is 2.49. The van der Waals surface area contributed by atoms with E-state index in [4.69, 9.17) is 5.73 Å². The van der Waals surface area contributed by atoms with E-state index in [1.54, 1.807) is 0 Å². The summed E-state index contributed by atoms with van der Waals surface area (Å²) in [5, 5.41) is 0. The molecule has 2 N–H and O–H groups in total. The maximum absolute atomic E-state index is 5.46. The van der Waals surface area contributed by atoms with Gasteiger partial charge >= 0.3 is 0 Å². The second kappa shape index (κ2) is 1.94. The Morgan fingerprint density at radius 2 is 1.86 bits per heavy atom. The lowest BCUT2D eigenvalue weighted by molar-refractivity contribution is 0.993. The highest BCUT2D eigenvalue weighted by molar-refractivity contribution is 5.11. The summed E-state index contributed by atoms with van der Waals surface area (Å²) in [5.41, 5.74) is 5.46. The SMILES string of the molecule is NC1C=CCC=C1. The Kier molecular flexibility index (Phi) is 1.27. The van der Waals surface area contributed by atoms with Crippen LogP contribution in [0.4, 0.5) is 0 Å². The van der Waals surface area contributed by atoms with E-state index < -0.39 is 0 Å². The highest BCUT2D eigenvalue weighted by atomic mass is 14.6. The molecule has 0 atom stereocenters. The summed E-state index contributed by atoms with van der Waals surface area (Å²) in [5.74, 6) is 0. The van der Waals surface area contributed by atoms with E-state index in [0.29, 0.717) is 0 Å². The molecule has 0 spiro atoms. The average molecular weight is 95.1 g/mol. The second-order valence-electron chi connectivity index (χ2n) is 1.67. The number of hydrogen-bond acceptors (Lipinski definition) is 1. The maximum Gasteiger partial charge on any atom is 0.0410 e. The molecule has 0 radical (unpaired) electrons. The largest absolute Gasteiger partial charge is 0.321 e. The Morgan fingerprint density at radius 3 is 2.14 bits per heavy atom. The number of rotatable bonds is 0. The van der Waals surface area contributed by atoms with Gasteiger partial charge in [-0.05, 0) is 6.42 Å². The topological polar surface area (TPSA) is 26.0 Å². The van der Waals surface area contributed by atoms with Gasteiger partial charge in [0, 0.05) is 6.04 Å². The third kappa shape index (κ3) is 1.16. The number of nitrogens with two attached hydrogens (primary N) is 1. The minimum Gasteiger partial charge on any atom is -0.321 e. The molecule has 0 fully saturated rings. The first-order valence-corrected chi connectivity index (χ1v) is 2.48. The van der Waals surface area contributed by atoms with Crippen molar-refractivity contribution in [3.8, 4) is 0 Å². The van der Waals surface area contributed by atoms with Crippen LogP contribution >= 0.6 is 0 Å². The van der Waals surface area contributed by atoms with Crippen molar-refractivity contribution in [2.45, 2.75) is 12.5 Å². The molecule has 0 heterocycles. The van der Waals surface area contributed by atoms with Gasteiger partial charge in [0.25, 0.3) is 0 Å². The third-order valence-corrected chi connectivity index (χ3v) is 0.989. The van der Waals surface area contributed by atoms with Crippen molar-refractivity contribution in [2.75, 3.05) is 0 Å². The molecular weight excluding hydrogens is 86.1 g/mol. The Morgan fingerprint density at radius 1 is 1.29 bits per heavy atom. The Hall–Kier alpha value is -0.560. The lowest BCUT2D eigenvalue weighted by atomic mass is 10.1. The summed E-state index contributed by atoms with van der Waals surface area (Å²) in [4.78, 5) is 0. The van der Waals surface area contributed by atoms with E-state index in [0.717, 1.165) is 6.42 Å². The Bertz CT molecular complexity index is 90.7. The van der Waals surface area contributed by atoms with Crippen LogP contribution in [0.2, 0.25) is 0 Å². The molecule has 0 unspecified atom stereocenters. The second-order valence-corrected chi connectivity index (χ2v) is 1.67. The molecule has 0 aliphatic heterocycles. The zero-order valence-corrected chi connectivity index (χ0v) is 4.17. The van der Waals surface area contributed by atoms with Crippen LogP contribution in [0, 0.1) is 0 Å². The van der Waals surface area contributed by atoms with Crippen molar-refractivity contribution in [2.24, 2.45) is 5.73 Å². The van der Waals surface area contributed by atoms with Gasteiger partial charge < -0.3 is 5.73 Å². The van der Waals surface area contributed by atoms with Gasteiger partial charge in [0.2, 0.25) is 0 Å². The minimum atomic E-state index is 0.175. The molecule has 0 bridgehead atoms. The minimum absolute atomic E-state index is 0.175. The van der Waals surface area contributed by atoms with Gasteiger partial charge in [-0.25, -0.2) is 0 Å². The third-order valence-electron chi connectivity index (χ3n) is 0.989. The zero-order valence-electron chi connectivity index (χ0n) is 4.17. The Labute approximate surface area is 43.5 Å². The van der Waals surface area contributed by atoms with Crippen LogP contribution in [-0.2, 0) is 0 Å². The van der Waals surface area contributed by atoms with Crippen LogP contribution in [-0.4, -0.2) is 6.04 Å². The van der Waals surface area contributed by atoms with Crippen LogP contribution in [0.15, 0.2) is 24.3 Å². The molecular formula is C6H9N. The molecule has 0 saturated heterocycles. The number of hydrogen-bond donors (Lipinski definition) is 1. The van der Waals surface area contributed by atoms with Gasteiger partial charge in [-0.15, -0.1) is 0 Å². The van der Waals surface area contributed by atoms with Crippen molar-refractivity contribution in [1.29, 1.82) is 0 Å². The molecule has 0 saturated carbocycles. The van der Waals surface area contributed by atoms with Crippen molar-refractivity contribution >= 4 is 0 Å². The normalized spacial score (nSPS) is 20.7. The molecule has 1 aliphatic rings. The quantitative estimate of drug-likeness (QED) is 0.443. The van der Waals surface area contributed by atoms with Gasteiger partial charge in [0.15, 0.2) is 0 Å². The van der Waals surface area contributed by atoms with Crippen LogP contribution in [0.3, 0.4) is 0 Å². The van der Waals surface area contributed by atoms with Crippen LogP contribution in [0.25, 0.3) is 0 Å². The van der Waals surface area contributed by atoms with Gasteiger partial charge in [-0.3, -0.25) is 0 Å². The lowest BCUT2D eigenvalue weighted by Gasteiger charge is -2.00. The van der Waals surface area contributed by atoms with E-state index in [2.05, 4.69) is 12.2 Å². The fourth-order valence-corrected chi connectivity index (χ4v) is 0.614. The molecule has 0 aromatic heterocycles. The van der Waals surface area contributed by atoms with Gasteiger partial charge in [-0.1, -0.05) is 24.3 Å². The molecule has 38 valence electrons. The highest BCUT2D eigenvalue weighted by Crippen LogP contribution is 1.96. The first kappa shape index (κ1) is 4.60. The lowest BCUT2D eigenvalue weighted by Crippen LogP contribution is -2.13. The summed E-state index contributed by atoms with van der Waals surface area (Å²) >= 11 is 0. The smallest absolute Gasteiger partial charge is 0.0410 e. The molecule has 1 aliphatic carbocycles. The van der Waals surface area contributed by atoms with E-state index in [-0.39, 0.29) is 6.04 Å². The zero-order chi connectivity index (χ0) is 5.11. The summed E-state index contributed by atoms with van der Waals surface area (Å²) in [7, 11) is 0. The van der Waals surface area contributed by atoms with Gasteiger partial charge in [0.05, 0.1) is 0 Å². The predicted octanol–water partition coefficient (Wildman–Crippen LogP) is 0.830. The summed E-state index contributed by atoms with van der Waals surface area (Å²) in [6.07, 6.45) is 9.20. The first-order chi connectivity index (χ1) is 3.39. The molecule has 7 heavy (non-hydrogen) atoms. The summed E-state index contributed by atoms with van der Waals surface area (Å²) in [6.45, 7) is 0. The highest BCUT2D eigenvalue weighted by Gasteiger charge is 1.90. The van der Waals surface area contributed by atoms with Crippen molar-refractivity contribution in [3.05, 3.63) is 24.3 Å². The van der Waals surface area contributed by atoms with Crippen LogP contribution in [0.5, 0.6) is 0 Å². The van der Waals surface area contributed by atoms with Gasteiger partial charge in [0.1, 0.15) is 0 Å². The molecule has 0 aromatic rings. The van der Waals surface area contributed by atoms with E-state index in [9.17, 15) is 0 Å². The van der Waals surface area contributed by atoms with Crippen molar-refractivity contribution in [3.63, 3.8) is 0 Å². The van der Waals surface area contributed by atoms with Crippen LogP contribution < -0.4 is 5.73 Å². The average Bonchev–Trinajstić information content (AvgIpc) is 1.69. The standard InChI is InChI=1S/C6H9N/c7-6-4-2-1-3-5-6/h2-6H,1,7H2. The fourth-order valence-electron chi connectivity index (χ4n) is 0.614.